The number of methoxy groups -OCH3 is 1. The van der Waals surface area contributed by atoms with Crippen molar-refractivity contribution in [3.8, 4) is 0 Å². The van der Waals surface area contributed by atoms with Gasteiger partial charge in [-0.25, -0.2) is 0 Å². The van der Waals surface area contributed by atoms with Gasteiger partial charge in [0, 0.05) is 44.2 Å². The van der Waals surface area contributed by atoms with Gasteiger partial charge >= 0.3 is 5.97 Å². The zero-order valence-corrected chi connectivity index (χ0v) is 32.6. The van der Waals surface area contributed by atoms with Gasteiger partial charge in [0.25, 0.3) is 0 Å². The first-order valence-corrected chi connectivity index (χ1v) is 18.4. The summed E-state index contributed by atoms with van der Waals surface area (Å²) in [6.45, 7) is 18.5. The number of aliphatic hydroxyl groups is 4. The maximum Gasteiger partial charge on any atom is 0.313 e. The first kappa shape index (κ1) is 43.0. The second-order valence-electron chi connectivity index (χ2n) is 15.6. The highest BCUT2D eigenvalue weighted by Gasteiger charge is 2.54. The van der Waals surface area contributed by atoms with Crippen LogP contribution in [0.25, 0.3) is 0 Å². The molecule has 0 aromatic carbocycles. The van der Waals surface area contributed by atoms with Gasteiger partial charge in [-0.05, 0) is 74.1 Å². The molecule has 0 bridgehead atoms. The van der Waals surface area contributed by atoms with Crippen molar-refractivity contribution in [3.63, 3.8) is 0 Å². The lowest BCUT2D eigenvalue weighted by Crippen LogP contribution is -2.60. The van der Waals surface area contributed by atoms with Crippen LogP contribution in [0, 0.1) is 17.8 Å². The van der Waals surface area contributed by atoms with Gasteiger partial charge in [-0.15, -0.1) is 0 Å². The number of hydrogen-bond acceptors (Lipinski definition) is 13. The minimum atomic E-state index is -1.29. The summed E-state index contributed by atoms with van der Waals surface area (Å²) < 4.78 is 43.9. The topological polar surface area (TPSA) is 166 Å². The fourth-order valence-corrected chi connectivity index (χ4v) is 7.88. The zero-order valence-electron chi connectivity index (χ0n) is 32.6. The van der Waals surface area contributed by atoms with E-state index in [2.05, 4.69) is 0 Å². The Morgan fingerprint density at radius 1 is 1.04 bits per heavy atom. The van der Waals surface area contributed by atoms with Crippen LogP contribution in [0.2, 0.25) is 0 Å². The monoisotopic (exact) mass is 717 g/mol. The Labute approximate surface area is 299 Å². The largest absolute Gasteiger partial charge is 0.489 e. The Balaban J connectivity index is 2.10. The van der Waals surface area contributed by atoms with Gasteiger partial charge in [0.1, 0.15) is 29.7 Å². The first-order chi connectivity index (χ1) is 23.2. The quantitative estimate of drug-likeness (QED) is 0.136. The third kappa shape index (κ3) is 9.58. The van der Waals surface area contributed by atoms with Gasteiger partial charge < -0.3 is 58.5 Å². The Morgan fingerprint density at radius 2 is 1.68 bits per heavy atom. The molecule has 0 spiro atoms. The van der Waals surface area contributed by atoms with Crippen molar-refractivity contribution in [1.82, 2.24) is 4.90 Å². The maximum absolute atomic E-state index is 13.6. The Morgan fingerprint density at radius 3 is 2.24 bits per heavy atom. The van der Waals surface area contributed by atoms with Crippen molar-refractivity contribution in [2.75, 3.05) is 21.2 Å². The van der Waals surface area contributed by atoms with Crippen LogP contribution < -0.4 is 0 Å². The SMILES string of the molecule is CC[C@H](O)OC(=O)[C@H](C)[C@@H](O[C@H]1CC(C)(OC)[C@@H](O)C(C)O1)[C@H](C)[C@@H](O[C@@H]1OC(C)CC(N(C)C)C1O)[C@@]1(C)CC(C)=C([C@H](C)[C@@H](O)CC)O1. The van der Waals surface area contributed by atoms with Crippen LogP contribution in [-0.4, -0.2) is 131 Å². The fourth-order valence-electron chi connectivity index (χ4n) is 7.88. The Kier molecular flexibility index (Phi) is 15.2. The molecule has 292 valence electrons. The zero-order chi connectivity index (χ0) is 37.9. The van der Waals surface area contributed by atoms with E-state index < -0.39 is 84.5 Å². The molecule has 3 aliphatic heterocycles. The van der Waals surface area contributed by atoms with Crippen LogP contribution in [0.5, 0.6) is 0 Å². The van der Waals surface area contributed by atoms with E-state index >= 15 is 0 Å². The van der Waals surface area contributed by atoms with Crippen LogP contribution in [-0.2, 0) is 38.0 Å². The summed E-state index contributed by atoms with van der Waals surface area (Å²) in [4.78, 5) is 15.5. The average molecular weight is 718 g/mol. The average Bonchev–Trinajstić information content (AvgIpc) is 3.38. The van der Waals surface area contributed by atoms with Gasteiger partial charge in [0.2, 0.25) is 0 Å². The molecule has 2 fully saturated rings. The van der Waals surface area contributed by atoms with Crippen LogP contribution in [0.4, 0.5) is 0 Å². The smallest absolute Gasteiger partial charge is 0.313 e. The summed E-state index contributed by atoms with van der Waals surface area (Å²) in [7, 11) is 5.33. The third-order valence-electron chi connectivity index (χ3n) is 11.2. The summed E-state index contributed by atoms with van der Waals surface area (Å²) in [6.07, 6.45) is -6.41. The second kappa shape index (κ2) is 17.6. The Bertz CT molecular complexity index is 1140. The van der Waals surface area contributed by atoms with E-state index in [1.54, 1.807) is 27.7 Å². The molecule has 0 amide bonds. The third-order valence-corrected chi connectivity index (χ3v) is 11.2. The van der Waals surface area contributed by atoms with Gasteiger partial charge in [-0.3, -0.25) is 4.79 Å². The minimum absolute atomic E-state index is 0.167. The summed E-state index contributed by atoms with van der Waals surface area (Å²) in [5.74, 6) is -1.83. The standard InChI is InChI=1S/C37H67NO12/c1-14-26(39)21(5)30-19(3)17-37(10,50-30)33(49-35-29(41)25(38(11)12)16-20(4)45-35)22(6)31(23(7)34(43)47-27(40)15-2)48-28-18-36(9,44-13)32(42)24(8)46-28/h20-29,31-33,35,39-42H,14-18H2,1-13H3/t20?,21-,22+,23-,24?,25?,26+,27-,28+,29?,31+,32+,33-,35+,36?,37-/m1/s1. The van der Waals surface area contributed by atoms with Crippen LogP contribution >= 0.6 is 0 Å². The molecule has 0 saturated carbocycles. The summed E-state index contributed by atoms with van der Waals surface area (Å²) in [5, 5.41) is 43.5. The van der Waals surface area contributed by atoms with Crippen LogP contribution in [0.1, 0.15) is 101 Å². The van der Waals surface area contributed by atoms with Crippen molar-refractivity contribution in [2.45, 2.75) is 180 Å². The van der Waals surface area contributed by atoms with E-state index in [9.17, 15) is 25.2 Å². The van der Waals surface area contributed by atoms with E-state index in [4.69, 9.17) is 33.2 Å². The first-order valence-electron chi connectivity index (χ1n) is 18.4. The second-order valence-corrected chi connectivity index (χ2v) is 15.6. The highest BCUT2D eigenvalue weighted by molar-refractivity contribution is 5.72. The fraction of sp³-hybridized carbons (Fsp3) is 0.919. The molecule has 0 aromatic rings. The van der Waals surface area contributed by atoms with Crippen LogP contribution in [0.3, 0.4) is 0 Å². The number of aliphatic hydroxyl groups excluding tert-OH is 4. The maximum atomic E-state index is 13.6. The molecule has 13 nitrogen and oxygen atoms in total. The predicted molar refractivity (Wildman–Crippen MR) is 186 cm³/mol. The molecule has 0 radical (unpaired) electrons. The van der Waals surface area contributed by atoms with Gasteiger partial charge in [-0.1, -0.05) is 27.7 Å². The number of likely N-dealkylation sites (N-methyl/N-ethyl adjacent to an activating group) is 1. The summed E-state index contributed by atoms with van der Waals surface area (Å²) in [5.41, 5.74) is -1.06. The van der Waals surface area contributed by atoms with Crippen molar-refractivity contribution in [1.29, 1.82) is 0 Å². The number of hydrogen-bond donors (Lipinski definition) is 4. The summed E-state index contributed by atoms with van der Waals surface area (Å²) >= 11 is 0. The van der Waals surface area contributed by atoms with Crippen molar-refractivity contribution >= 4 is 5.97 Å². The van der Waals surface area contributed by atoms with Gasteiger partial charge in [-0.2, -0.15) is 0 Å². The summed E-state index contributed by atoms with van der Waals surface area (Å²) in [6, 6.07) is -0.237. The number of carbonyl (C=O) groups is 1. The van der Waals surface area contributed by atoms with Gasteiger partial charge in [0.05, 0.1) is 35.9 Å². The van der Waals surface area contributed by atoms with Crippen molar-refractivity contribution in [3.05, 3.63) is 11.3 Å². The van der Waals surface area contributed by atoms with Gasteiger partial charge in [0.15, 0.2) is 18.9 Å². The molecule has 3 rings (SSSR count). The molecule has 0 aliphatic carbocycles. The molecular formula is C37H67NO12. The molecule has 5 unspecified atom stereocenters. The highest BCUT2D eigenvalue weighted by atomic mass is 16.7. The number of ether oxygens (including phenoxy) is 7. The molecule has 13 heteroatoms. The predicted octanol–water partition coefficient (Wildman–Crippen LogP) is 3.49. The molecule has 50 heavy (non-hydrogen) atoms. The lowest BCUT2D eigenvalue weighted by molar-refractivity contribution is -0.317. The molecule has 3 heterocycles. The minimum Gasteiger partial charge on any atom is -0.489 e. The number of nitrogens with zero attached hydrogens (tertiary/aromatic N) is 1. The molecule has 16 atom stereocenters. The van der Waals surface area contributed by atoms with E-state index in [1.807, 2.05) is 60.5 Å². The van der Waals surface area contributed by atoms with Crippen molar-refractivity contribution in [2.24, 2.45) is 17.8 Å². The molecule has 3 aliphatic rings. The lowest BCUT2D eigenvalue weighted by atomic mass is 9.79. The number of rotatable bonds is 16. The number of carbonyl (C=O) groups excluding carboxylic acids is 1. The number of esters is 1. The van der Waals surface area contributed by atoms with E-state index in [1.165, 1.54) is 7.11 Å². The molecule has 0 aromatic heterocycles. The highest BCUT2D eigenvalue weighted by Crippen LogP contribution is 2.46. The Hall–Kier alpha value is -1.39. The van der Waals surface area contributed by atoms with E-state index in [0.717, 1.165) is 5.57 Å². The van der Waals surface area contributed by atoms with E-state index in [-0.39, 0.29) is 30.9 Å². The van der Waals surface area contributed by atoms with E-state index in [0.29, 0.717) is 25.0 Å². The van der Waals surface area contributed by atoms with Crippen LogP contribution in [0.15, 0.2) is 11.3 Å². The van der Waals surface area contributed by atoms with Crippen molar-refractivity contribution < 1.29 is 58.4 Å². The normalized spacial score (nSPS) is 37.8. The molecule has 4 N–H and O–H groups in total. The molecule has 2 saturated heterocycles. The molecular weight excluding hydrogens is 650 g/mol. The lowest BCUT2D eigenvalue weighted by Gasteiger charge is -2.48.